The number of nitrogens with two attached hydrogens (primary N) is 1. The number of aromatic amines is 1. The highest BCUT2D eigenvalue weighted by Crippen LogP contribution is 2.30. The summed E-state index contributed by atoms with van der Waals surface area (Å²) in [5.74, 6) is -4.20. The Balaban J connectivity index is 1.39. The third kappa shape index (κ3) is 18.4. The van der Waals surface area contributed by atoms with Crippen LogP contribution in [0.4, 0.5) is 0 Å². The fraction of sp³-hybridized carbons (Fsp3) is 0.732. The highest BCUT2D eigenvalue weighted by Gasteiger charge is 2.44. The van der Waals surface area contributed by atoms with E-state index < -0.39 is 78.3 Å². The van der Waals surface area contributed by atoms with Crippen LogP contribution in [0.3, 0.4) is 0 Å². The van der Waals surface area contributed by atoms with Crippen LogP contribution >= 0.6 is 0 Å². The van der Waals surface area contributed by atoms with Crippen molar-refractivity contribution in [1.29, 1.82) is 0 Å². The molecule has 0 spiro atoms. The number of carboxylic acid groups (broad SMARTS) is 1. The maximum atomic E-state index is 14.7. The fourth-order valence-corrected chi connectivity index (χ4v) is 10.9. The Morgan fingerprint density at radius 3 is 2.27 bits per heavy atom. The van der Waals surface area contributed by atoms with Gasteiger partial charge in [-0.15, -0.1) is 0 Å². The average molecular weight is 1080 g/mol. The van der Waals surface area contributed by atoms with Crippen LogP contribution in [0.2, 0.25) is 0 Å². The zero-order valence-corrected chi connectivity index (χ0v) is 47.6. The maximum Gasteiger partial charge on any atom is 0.320 e. The first-order chi connectivity index (χ1) is 36.7. The minimum atomic E-state index is -1.07. The molecule has 21 nitrogen and oxygen atoms in total. The van der Waals surface area contributed by atoms with Crippen molar-refractivity contribution >= 4 is 52.3 Å². The van der Waals surface area contributed by atoms with Crippen molar-refractivity contribution in [1.82, 2.24) is 40.7 Å². The second kappa shape index (κ2) is 32.0. The number of rotatable bonds is 33. The summed E-state index contributed by atoms with van der Waals surface area (Å²) in [7, 11) is 6.46. The van der Waals surface area contributed by atoms with Crippen LogP contribution in [0.15, 0.2) is 30.5 Å². The molecule has 2 aliphatic rings. The number of likely N-dealkylation sites (N-methyl/N-ethyl adjacent to an activating group) is 2. The highest BCUT2D eigenvalue weighted by atomic mass is 16.7. The number of amides is 6. The SMILES string of the molecule is CC[C@H](C)[C@@H]([C@@H](CC(=O)N1CCC[C@H]1[C@H](OC)[C@@H](C)C(=O)N[C@@H](Cc1c[nH]c2ccccc12)C(=O)N1CCCCO1)OC)N(C)C(=O)[C@@H](NC(=O)[C@H]([C@@H](C)O)N(C)CCCCCC(=O)NCCCC[C@H](N)C(=O)O)C(C)C. The lowest BCUT2D eigenvalue weighted by Gasteiger charge is -2.41. The largest absolute Gasteiger partial charge is 0.480 e. The number of nitrogens with zero attached hydrogens (tertiary/aromatic N) is 4. The summed E-state index contributed by atoms with van der Waals surface area (Å²) in [6.07, 6.45) is 6.89. The molecule has 2 saturated heterocycles. The van der Waals surface area contributed by atoms with E-state index in [1.54, 1.807) is 35.7 Å². The van der Waals surface area contributed by atoms with Gasteiger partial charge in [0.2, 0.25) is 29.5 Å². The number of ether oxygens (including phenoxy) is 2. The van der Waals surface area contributed by atoms with Gasteiger partial charge in [0.15, 0.2) is 0 Å². The van der Waals surface area contributed by atoms with Crippen LogP contribution in [0.1, 0.15) is 131 Å². The number of carbonyl (C=O) groups is 7. The van der Waals surface area contributed by atoms with Crippen molar-refractivity contribution in [2.45, 2.75) is 186 Å². The van der Waals surface area contributed by atoms with Gasteiger partial charge in [-0.05, 0) is 102 Å². The number of aliphatic hydroxyl groups is 1. The second-order valence-electron chi connectivity index (χ2n) is 21.7. The molecule has 0 radical (unpaired) electrons. The monoisotopic (exact) mass is 1080 g/mol. The maximum absolute atomic E-state index is 14.7. The number of benzene rings is 1. The van der Waals surface area contributed by atoms with E-state index in [9.17, 15) is 38.7 Å². The standard InChI is InChI=1S/C56H93N9O12/c1-11-36(4)49(63(8)55(72)48(35(2)3)61-53(70)50(38(6)66)62(7)28-18-12-13-26-46(67)58-27-17-16-23-41(57)56(73)74)45(75-9)33-47(68)64-29-21-25-44(64)51(76-10)37(5)52(69)60-43(54(71)65-30-19-20-31-77-65)32-39-34-59-42-24-15-14-22-40(39)42/h14-15,22,24,34-38,41,43-45,48-51,59,66H,11-13,16-21,23,25-33,57H2,1-10H3,(H,58,67)(H,60,69)(H,61,70)(H,73,74)/t36-,37+,38+,41-,43-,44-,45+,48-,49-,50-,51+/m0/s1. The Bertz CT molecular complexity index is 2200. The summed E-state index contributed by atoms with van der Waals surface area (Å²) in [4.78, 5) is 109. The Hall–Kier alpha value is -5.19. The first-order valence-corrected chi connectivity index (χ1v) is 28.0. The lowest BCUT2D eigenvalue weighted by Crippen LogP contribution is -2.60. The number of carboxylic acids is 1. The van der Waals surface area contributed by atoms with Gasteiger partial charge >= 0.3 is 5.97 Å². The van der Waals surface area contributed by atoms with E-state index in [1.165, 1.54) is 26.2 Å². The molecule has 11 atom stereocenters. The number of hydrogen-bond donors (Lipinski definition) is 7. The minimum Gasteiger partial charge on any atom is -0.480 e. The van der Waals surface area contributed by atoms with Gasteiger partial charge in [0.05, 0.1) is 49.3 Å². The number of aromatic nitrogens is 1. The number of hydrogen-bond acceptors (Lipinski definition) is 13. The topological polar surface area (TPSA) is 278 Å². The van der Waals surface area contributed by atoms with Gasteiger partial charge < -0.3 is 56.2 Å². The first kappa shape index (κ1) is 64.3. The number of nitrogens with one attached hydrogen (secondary N) is 4. The lowest BCUT2D eigenvalue weighted by molar-refractivity contribution is -0.199. The second-order valence-corrected chi connectivity index (χ2v) is 21.7. The molecule has 0 aliphatic carbocycles. The number of likely N-dealkylation sites (tertiary alicyclic amines) is 1. The van der Waals surface area contributed by atoms with Crippen LogP contribution in [0.5, 0.6) is 0 Å². The van der Waals surface area contributed by atoms with Gasteiger partial charge in [-0.25, -0.2) is 5.06 Å². The van der Waals surface area contributed by atoms with Crippen molar-refractivity contribution in [3.63, 3.8) is 0 Å². The Labute approximate surface area is 456 Å². The number of unbranched alkanes of at least 4 members (excludes halogenated alkanes) is 3. The summed E-state index contributed by atoms with van der Waals surface area (Å²) in [5.41, 5.74) is 7.33. The van der Waals surface area contributed by atoms with Gasteiger partial charge in [-0.3, -0.25) is 43.3 Å². The first-order valence-electron chi connectivity index (χ1n) is 28.0. The van der Waals surface area contributed by atoms with Gasteiger partial charge in [0, 0.05) is 70.8 Å². The van der Waals surface area contributed by atoms with Gasteiger partial charge in [0.1, 0.15) is 24.2 Å². The summed E-state index contributed by atoms with van der Waals surface area (Å²) in [6, 6.07) is 2.96. The lowest BCUT2D eigenvalue weighted by atomic mass is 9.89. The summed E-state index contributed by atoms with van der Waals surface area (Å²) in [5, 5.41) is 31.0. The molecule has 8 N–H and O–H groups in total. The van der Waals surface area contributed by atoms with Gasteiger partial charge in [-0.2, -0.15) is 0 Å². The molecule has 1 aromatic heterocycles. The smallest absolute Gasteiger partial charge is 0.320 e. The number of aliphatic carboxylic acids is 1. The fourth-order valence-electron chi connectivity index (χ4n) is 10.9. The van der Waals surface area contributed by atoms with E-state index in [2.05, 4.69) is 20.9 Å². The molecule has 2 aliphatic heterocycles. The molecule has 4 rings (SSSR count). The Kier molecular flexibility index (Phi) is 26.8. The molecule has 21 heteroatoms. The van der Waals surface area contributed by atoms with Crippen molar-refractivity contribution in [3.05, 3.63) is 36.0 Å². The van der Waals surface area contributed by atoms with Gasteiger partial charge in [0.25, 0.3) is 5.91 Å². The zero-order chi connectivity index (χ0) is 56.9. The van der Waals surface area contributed by atoms with Crippen molar-refractivity contribution < 1.29 is 58.1 Å². The average Bonchev–Trinajstić information content (AvgIpc) is 4.08. The number of carbonyl (C=O) groups excluding carboxylic acids is 6. The van der Waals surface area contributed by atoms with E-state index in [-0.39, 0.29) is 48.3 Å². The van der Waals surface area contributed by atoms with E-state index >= 15 is 0 Å². The van der Waals surface area contributed by atoms with Gasteiger partial charge in [-0.1, -0.05) is 65.7 Å². The van der Waals surface area contributed by atoms with E-state index in [0.717, 1.165) is 29.3 Å². The molecule has 6 amide bonds. The molecular weight excluding hydrogens is 991 g/mol. The minimum absolute atomic E-state index is 0.0717. The molecule has 1 aromatic carbocycles. The van der Waals surface area contributed by atoms with Crippen molar-refractivity contribution in [2.75, 3.05) is 61.1 Å². The van der Waals surface area contributed by atoms with Crippen LogP contribution < -0.4 is 21.7 Å². The Morgan fingerprint density at radius 1 is 0.909 bits per heavy atom. The third-order valence-electron chi connectivity index (χ3n) is 15.6. The van der Waals surface area contributed by atoms with Crippen LogP contribution in [0, 0.1) is 17.8 Å². The number of hydroxylamine groups is 2. The van der Waals surface area contributed by atoms with Crippen LogP contribution in [-0.2, 0) is 54.3 Å². The van der Waals surface area contributed by atoms with Crippen molar-refractivity contribution in [2.24, 2.45) is 23.5 Å². The van der Waals surface area contributed by atoms with E-state index in [4.69, 9.17) is 25.2 Å². The quantitative estimate of drug-likeness (QED) is 0.0502. The number of aliphatic hydroxyl groups excluding tert-OH is 1. The third-order valence-corrected chi connectivity index (χ3v) is 15.6. The molecule has 3 heterocycles. The number of methoxy groups -OCH3 is 2. The Morgan fingerprint density at radius 2 is 1.64 bits per heavy atom. The molecule has 77 heavy (non-hydrogen) atoms. The van der Waals surface area contributed by atoms with E-state index in [0.29, 0.717) is 97.0 Å². The zero-order valence-electron chi connectivity index (χ0n) is 47.6. The number of fused-ring (bicyclic) bond motifs is 1. The van der Waals surface area contributed by atoms with Crippen molar-refractivity contribution in [3.8, 4) is 0 Å². The molecular formula is C56H93N9O12. The highest BCUT2D eigenvalue weighted by molar-refractivity contribution is 5.91. The normalized spacial score (nSPS) is 18.9. The molecule has 0 unspecified atom stereocenters. The molecule has 2 aromatic rings. The molecule has 434 valence electrons. The molecule has 0 bridgehead atoms. The predicted octanol–water partition coefficient (Wildman–Crippen LogP) is 3.75. The summed E-state index contributed by atoms with van der Waals surface area (Å²) < 4.78 is 12.2. The number of H-pyrrole nitrogens is 1. The van der Waals surface area contributed by atoms with Crippen LogP contribution in [-0.4, -0.2) is 192 Å². The summed E-state index contributed by atoms with van der Waals surface area (Å²) >= 11 is 0. The van der Waals surface area contributed by atoms with E-state index in [1.807, 2.05) is 58.2 Å². The molecule has 2 fully saturated rings. The summed E-state index contributed by atoms with van der Waals surface area (Å²) in [6.45, 7) is 13.1. The molecule has 0 saturated carbocycles. The predicted molar refractivity (Wildman–Crippen MR) is 293 cm³/mol. The van der Waals surface area contributed by atoms with Crippen LogP contribution in [0.25, 0.3) is 10.9 Å². The number of para-hydroxylation sites is 1.